The van der Waals surface area contributed by atoms with Gasteiger partial charge >= 0.3 is 5.97 Å². The van der Waals surface area contributed by atoms with Gasteiger partial charge in [0.25, 0.3) is 5.91 Å². The summed E-state index contributed by atoms with van der Waals surface area (Å²) in [5, 5.41) is 12.3. The van der Waals surface area contributed by atoms with E-state index in [1.807, 2.05) is 24.1 Å². The number of rotatable bonds is 11. The van der Waals surface area contributed by atoms with Crippen LogP contribution >= 0.6 is 36.6 Å². The molecule has 1 amide bonds. The lowest BCUT2D eigenvalue weighted by Crippen LogP contribution is -2.35. The van der Waals surface area contributed by atoms with E-state index >= 15 is 0 Å². The van der Waals surface area contributed by atoms with Crippen molar-refractivity contribution in [3.8, 4) is 0 Å². The average Bonchev–Trinajstić information content (AvgIpc) is 3.42. The topological polar surface area (TPSA) is 93.2 Å². The van der Waals surface area contributed by atoms with Crippen molar-refractivity contribution in [2.24, 2.45) is 0 Å². The third kappa shape index (κ3) is 7.04. The number of amides is 1. The summed E-state index contributed by atoms with van der Waals surface area (Å²) in [4.78, 5) is 42.2. The minimum atomic E-state index is -1.16. The van der Waals surface area contributed by atoms with E-state index in [2.05, 4.69) is 24.5 Å². The van der Waals surface area contributed by atoms with Crippen LogP contribution in [-0.4, -0.2) is 84.0 Å². The number of esters is 1. The maximum absolute atomic E-state index is 12.8. The van der Waals surface area contributed by atoms with E-state index in [9.17, 15) is 19.5 Å². The van der Waals surface area contributed by atoms with Crippen molar-refractivity contribution in [3.63, 3.8) is 0 Å². The number of hydrogen-bond acceptors (Lipinski definition) is 10. The molecule has 0 saturated carbocycles. The quantitative estimate of drug-likeness (QED) is 0.192. The molecule has 2 aliphatic rings. The van der Waals surface area contributed by atoms with Crippen molar-refractivity contribution >= 4 is 65.1 Å². The molecule has 1 aromatic rings. The van der Waals surface area contributed by atoms with E-state index in [-0.39, 0.29) is 24.8 Å². The highest BCUT2D eigenvalue weighted by molar-refractivity contribution is 8.03. The summed E-state index contributed by atoms with van der Waals surface area (Å²) in [7, 11) is 1.84. The Morgan fingerprint density at radius 3 is 2.67 bits per heavy atom. The van der Waals surface area contributed by atoms with E-state index in [0.29, 0.717) is 29.1 Å². The van der Waals surface area contributed by atoms with Crippen LogP contribution in [-0.2, 0) is 19.1 Å². The van der Waals surface area contributed by atoms with Crippen LogP contribution in [0.3, 0.4) is 0 Å². The normalized spacial score (nSPS) is 18.9. The van der Waals surface area contributed by atoms with Crippen molar-refractivity contribution in [3.05, 3.63) is 52.6 Å². The van der Waals surface area contributed by atoms with Crippen LogP contribution in [0.1, 0.15) is 24.8 Å². The highest BCUT2D eigenvalue weighted by atomic mass is 32.2. The molecule has 0 N–H and O–H groups in total. The van der Waals surface area contributed by atoms with Gasteiger partial charge in [-0.25, -0.2) is 0 Å². The Morgan fingerprint density at radius 2 is 2.03 bits per heavy atom. The Hall–Kier alpha value is -2.50. The molecule has 11 heteroatoms. The van der Waals surface area contributed by atoms with Crippen LogP contribution < -0.4 is 10.0 Å². The molecule has 36 heavy (non-hydrogen) atoms. The number of likely N-dealkylation sites (tertiary alicyclic amines) is 1. The fourth-order valence-corrected chi connectivity index (χ4v) is 5.64. The molecular formula is C25H30N3O5S3-. The summed E-state index contributed by atoms with van der Waals surface area (Å²) in [6.45, 7) is 4.36. The van der Waals surface area contributed by atoms with Crippen molar-refractivity contribution in [2.75, 3.05) is 56.2 Å². The first-order chi connectivity index (χ1) is 17.2. The Bertz CT molecular complexity index is 1060. The fourth-order valence-electron chi connectivity index (χ4n) is 3.89. The van der Waals surface area contributed by atoms with Gasteiger partial charge in [0, 0.05) is 61.2 Å². The lowest BCUT2D eigenvalue weighted by Gasteiger charge is -2.21. The molecule has 194 valence electrons. The largest absolute Gasteiger partial charge is 0.549 e. The molecule has 0 radical (unpaired) electrons. The Kier molecular flexibility index (Phi) is 10.3. The second-order valence-corrected chi connectivity index (χ2v) is 10.3. The maximum atomic E-state index is 12.8. The number of carboxylic acid groups (broad SMARTS) is 1. The first-order valence-electron chi connectivity index (χ1n) is 11.7. The molecule has 2 heterocycles. The van der Waals surface area contributed by atoms with Crippen molar-refractivity contribution < 1.29 is 24.2 Å². The van der Waals surface area contributed by atoms with Gasteiger partial charge < -0.3 is 24.4 Å². The monoisotopic (exact) mass is 548 g/mol. The van der Waals surface area contributed by atoms with Crippen LogP contribution in [0.25, 0.3) is 0 Å². The molecule has 0 aliphatic carbocycles. The molecule has 0 bridgehead atoms. The molecule has 0 aromatic heterocycles. The van der Waals surface area contributed by atoms with Crippen molar-refractivity contribution in [1.29, 1.82) is 0 Å². The van der Waals surface area contributed by atoms with Gasteiger partial charge in [-0.3, -0.25) is 14.5 Å². The predicted molar refractivity (Wildman–Crippen MR) is 147 cm³/mol. The van der Waals surface area contributed by atoms with Crippen LogP contribution in [0.2, 0.25) is 0 Å². The number of likely N-dealkylation sites (N-methyl/N-ethyl adjacent to an activating group) is 1. The first-order valence-corrected chi connectivity index (χ1v) is 13.7. The van der Waals surface area contributed by atoms with E-state index in [1.54, 1.807) is 36.0 Å². The van der Waals surface area contributed by atoms with E-state index < -0.39 is 17.9 Å². The van der Waals surface area contributed by atoms with E-state index in [4.69, 9.17) is 17.0 Å². The number of ether oxygens (including phenoxy) is 1. The average molecular weight is 549 g/mol. The zero-order valence-electron chi connectivity index (χ0n) is 20.3. The Balaban J connectivity index is 1.48. The number of thioether (sulfide) groups is 1. The second-order valence-electron chi connectivity index (χ2n) is 8.37. The molecule has 1 unspecified atom stereocenters. The predicted octanol–water partition coefficient (Wildman–Crippen LogP) is 1.83. The minimum Gasteiger partial charge on any atom is -0.549 e. The van der Waals surface area contributed by atoms with Gasteiger partial charge in [0.2, 0.25) is 0 Å². The first kappa shape index (κ1) is 28.1. The molecular weight excluding hydrogens is 518 g/mol. The van der Waals surface area contributed by atoms with Gasteiger partial charge in [-0.2, -0.15) is 12.6 Å². The molecule has 2 saturated heterocycles. The van der Waals surface area contributed by atoms with Crippen LogP contribution in [0, 0.1) is 0 Å². The molecule has 2 fully saturated rings. The lowest BCUT2D eigenvalue weighted by atomic mass is 10.0. The molecule has 0 spiro atoms. The Morgan fingerprint density at radius 1 is 1.31 bits per heavy atom. The summed E-state index contributed by atoms with van der Waals surface area (Å²) in [6.07, 6.45) is 4.10. The van der Waals surface area contributed by atoms with E-state index in [1.165, 1.54) is 4.90 Å². The number of carbonyl (C=O) groups is 3. The zero-order valence-corrected chi connectivity index (χ0v) is 22.9. The van der Waals surface area contributed by atoms with Gasteiger partial charge in [-0.05, 0) is 30.7 Å². The van der Waals surface area contributed by atoms with Gasteiger partial charge in [0.15, 0.2) is 0 Å². The second kappa shape index (κ2) is 13.2. The van der Waals surface area contributed by atoms with Gasteiger partial charge in [-0.1, -0.05) is 30.4 Å². The highest BCUT2D eigenvalue weighted by Gasteiger charge is 2.32. The summed E-state index contributed by atoms with van der Waals surface area (Å²) < 4.78 is 5.34. The van der Waals surface area contributed by atoms with Gasteiger partial charge in [0.05, 0.1) is 16.6 Å². The summed E-state index contributed by atoms with van der Waals surface area (Å²) in [5.74, 6) is -1.53. The Labute approximate surface area is 226 Å². The highest BCUT2D eigenvalue weighted by Crippen LogP contribution is 2.28. The van der Waals surface area contributed by atoms with Gasteiger partial charge in [-0.15, -0.1) is 11.8 Å². The number of hydrogen-bond donors (Lipinski definition) is 1. The van der Waals surface area contributed by atoms with Crippen molar-refractivity contribution in [2.45, 2.75) is 19.3 Å². The standard InChI is InChI=1S/C25H31N3O5S3/c1-3-27-11-13-36-22(27)9-6-18-14-21(35)28(24(18)30)15-23(29)33-12-10-26(2)19-7-4-17(5-8-19)20(16-34)25(31)32/h4-9,20,34H,3,10-16H2,1-2H3,(H,31,32)/p-1/b18-6+,22-9-. The number of carboxylic acids is 1. The van der Waals surface area contributed by atoms with Crippen LogP contribution in [0.5, 0.6) is 0 Å². The number of thiocarbonyl (C=S) groups is 1. The van der Waals surface area contributed by atoms with Gasteiger partial charge in [0.1, 0.15) is 13.2 Å². The third-order valence-corrected chi connectivity index (χ3v) is 7.88. The molecule has 3 rings (SSSR count). The molecule has 8 nitrogen and oxygen atoms in total. The number of allylic oxidation sites excluding steroid dienone is 2. The van der Waals surface area contributed by atoms with Crippen LogP contribution in [0.15, 0.2) is 47.0 Å². The number of nitrogens with zero attached hydrogens (tertiary/aromatic N) is 3. The van der Waals surface area contributed by atoms with Crippen molar-refractivity contribution in [1.82, 2.24) is 9.80 Å². The maximum Gasteiger partial charge on any atom is 0.326 e. The number of anilines is 1. The molecule has 1 atom stereocenters. The number of thiol groups is 1. The summed E-state index contributed by atoms with van der Waals surface area (Å²) >= 11 is 11.2. The molecule has 1 aromatic carbocycles. The number of carbonyl (C=O) groups excluding carboxylic acids is 3. The number of benzene rings is 1. The minimum absolute atomic E-state index is 0.128. The smallest absolute Gasteiger partial charge is 0.326 e. The fraction of sp³-hybridized carbons (Fsp3) is 0.440. The van der Waals surface area contributed by atoms with Crippen LogP contribution in [0.4, 0.5) is 5.69 Å². The zero-order chi connectivity index (χ0) is 26.2. The van der Waals surface area contributed by atoms with E-state index in [0.717, 1.165) is 29.6 Å². The third-order valence-electron chi connectivity index (χ3n) is 6.07. The SMILES string of the molecule is CCN1CCS/C1=C\C=C1/CC(=S)N(CC(=O)OCCN(C)c2ccc(C(CS)C(=O)[O-])cc2)C1=O. The molecule has 2 aliphatic heterocycles. The number of aliphatic carboxylic acids is 1. The summed E-state index contributed by atoms with van der Waals surface area (Å²) in [6, 6.07) is 7.04. The summed E-state index contributed by atoms with van der Waals surface area (Å²) in [5.41, 5.74) is 2.04. The lowest BCUT2D eigenvalue weighted by molar-refractivity contribution is -0.307.